The van der Waals surface area contributed by atoms with Gasteiger partial charge in [0.25, 0.3) is 0 Å². The van der Waals surface area contributed by atoms with Crippen molar-refractivity contribution in [3.8, 4) is 0 Å². The Morgan fingerprint density at radius 1 is 1.75 bits per heavy atom. The van der Waals surface area contributed by atoms with E-state index in [2.05, 4.69) is 14.9 Å². The van der Waals surface area contributed by atoms with E-state index in [4.69, 9.17) is 0 Å². The second-order valence-corrected chi connectivity index (χ2v) is 3.49. The molecule has 1 aliphatic heterocycles. The number of hydrogen-bond donors (Lipinski definition) is 1. The van der Waals surface area contributed by atoms with E-state index >= 15 is 0 Å². The van der Waals surface area contributed by atoms with Crippen molar-refractivity contribution in [3.63, 3.8) is 0 Å². The van der Waals surface area contributed by atoms with Gasteiger partial charge in [0.15, 0.2) is 0 Å². The van der Waals surface area contributed by atoms with Gasteiger partial charge in [-0.15, -0.1) is 0 Å². The zero-order valence-corrected chi connectivity index (χ0v) is 7.45. The van der Waals surface area contributed by atoms with Crippen molar-refractivity contribution in [1.82, 2.24) is 14.9 Å². The number of rotatable bonds is 2. The fourth-order valence-electron chi connectivity index (χ4n) is 1.90. The maximum absolute atomic E-state index is 4.14. The molecule has 2 heterocycles. The van der Waals surface area contributed by atoms with Gasteiger partial charge in [0.2, 0.25) is 0 Å². The molecule has 0 saturated carbocycles. The Morgan fingerprint density at radius 2 is 2.67 bits per heavy atom. The number of aromatic nitrogens is 2. The SMILES string of the molecule is CNCC1CCn2cncc2C1. The van der Waals surface area contributed by atoms with Crippen LogP contribution < -0.4 is 5.32 Å². The van der Waals surface area contributed by atoms with Crippen LogP contribution in [0.1, 0.15) is 12.1 Å². The third-order valence-corrected chi connectivity index (χ3v) is 2.57. The van der Waals surface area contributed by atoms with E-state index in [1.165, 1.54) is 18.5 Å². The average molecular weight is 165 g/mol. The Hall–Kier alpha value is -0.830. The third kappa shape index (κ3) is 1.37. The lowest BCUT2D eigenvalue weighted by molar-refractivity contribution is 0.378. The fraction of sp³-hybridized carbons (Fsp3) is 0.667. The number of aryl methyl sites for hydroxylation is 1. The standard InChI is InChI=1S/C9H15N3/c1-10-5-8-2-3-12-7-11-6-9(12)4-8/h6-8,10H,2-5H2,1H3. The zero-order chi connectivity index (χ0) is 8.39. The molecule has 0 aliphatic carbocycles. The number of imidazole rings is 1. The largest absolute Gasteiger partial charge is 0.335 e. The first kappa shape index (κ1) is 7.80. The lowest BCUT2D eigenvalue weighted by Gasteiger charge is -2.23. The maximum atomic E-state index is 4.14. The van der Waals surface area contributed by atoms with Crippen LogP contribution >= 0.6 is 0 Å². The predicted octanol–water partition coefficient (Wildman–Crippen LogP) is 0.665. The highest BCUT2D eigenvalue weighted by Crippen LogP contribution is 2.18. The molecule has 0 fully saturated rings. The van der Waals surface area contributed by atoms with Crippen LogP contribution in [0.5, 0.6) is 0 Å². The van der Waals surface area contributed by atoms with Gasteiger partial charge >= 0.3 is 0 Å². The molecule has 0 amide bonds. The first-order valence-corrected chi connectivity index (χ1v) is 4.53. The molecule has 0 bridgehead atoms. The molecule has 0 radical (unpaired) electrons. The van der Waals surface area contributed by atoms with Crippen LogP contribution in [0.25, 0.3) is 0 Å². The molecule has 12 heavy (non-hydrogen) atoms. The lowest BCUT2D eigenvalue weighted by atomic mass is 9.96. The molecule has 0 aromatic carbocycles. The molecule has 1 N–H and O–H groups in total. The normalized spacial score (nSPS) is 22.2. The number of fused-ring (bicyclic) bond motifs is 1. The van der Waals surface area contributed by atoms with Gasteiger partial charge < -0.3 is 9.88 Å². The highest BCUT2D eigenvalue weighted by molar-refractivity contribution is 5.02. The molecule has 1 aromatic rings. The first-order valence-electron chi connectivity index (χ1n) is 4.53. The van der Waals surface area contributed by atoms with Gasteiger partial charge in [-0.2, -0.15) is 0 Å². The Bertz CT molecular complexity index is 254. The Balaban J connectivity index is 2.05. The van der Waals surface area contributed by atoms with E-state index in [0.717, 1.165) is 19.0 Å². The van der Waals surface area contributed by atoms with Crippen molar-refractivity contribution in [1.29, 1.82) is 0 Å². The molecule has 0 spiro atoms. The van der Waals surface area contributed by atoms with Gasteiger partial charge in [-0.3, -0.25) is 0 Å². The van der Waals surface area contributed by atoms with Crippen LogP contribution in [0.15, 0.2) is 12.5 Å². The minimum absolute atomic E-state index is 0.805. The van der Waals surface area contributed by atoms with Gasteiger partial charge in [0.1, 0.15) is 0 Å². The predicted molar refractivity (Wildman–Crippen MR) is 48.0 cm³/mol. The summed E-state index contributed by atoms with van der Waals surface area (Å²) in [5.41, 5.74) is 1.39. The summed E-state index contributed by atoms with van der Waals surface area (Å²) in [5, 5.41) is 3.23. The summed E-state index contributed by atoms with van der Waals surface area (Å²) in [7, 11) is 2.02. The van der Waals surface area contributed by atoms with Crippen LogP contribution in [0.2, 0.25) is 0 Å². The van der Waals surface area contributed by atoms with Crippen LogP contribution in [-0.2, 0) is 13.0 Å². The smallest absolute Gasteiger partial charge is 0.0948 e. The molecule has 0 saturated heterocycles. The summed E-state index contributed by atoms with van der Waals surface area (Å²) in [4.78, 5) is 4.14. The van der Waals surface area contributed by atoms with Crippen LogP contribution in [0, 0.1) is 5.92 Å². The average Bonchev–Trinajstić information content (AvgIpc) is 2.51. The molecular formula is C9H15N3. The van der Waals surface area contributed by atoms with Crippen molar-refractivity contribution in [2.45, 2.75) is 19.4 Å². The molecule has 3 heteroatoms. The molecular weight excluding hydrogens is 150 g/mol. The number of nitrogens with zero attached hydrogens (tertiary/aromatic N) is 2. The minimum Gasteiger partial charge on any atom is -0.335 e. The quantitative estimate of drug-likeness (QED) is 0.698. The summed E-state index contributed by atoms with van der Waals surface area (Å²) in [6.07, 6.45) is 6.39. The Labute approximate surface area is 72.8 Å². The molecule has 1 atom stereocenters. The molecule has 2 rings (SSSR count). The second kappa shape index (κ2) is 3.27. The van der Waals surface area contributed by atoms with Gasteiger partial charge in [-0.05, 0) is 32.4 Å². The highest BCUT2D eigenvalue weighted by atomic mass is 15.1. The molecule has 1 aromatic heterocycles. The van der Waals surface area contributed by atoms with Crippen molar-refractivity contribution in [2.24, 2.45) is 5.92 Å². The summed E-state index contributed by atoms with van der Waals surface area (Å²) in [6, 6.07) is 0. The van der Waals surface area contributed by atoms with Crippen molar-refractivity contribution in [2.75, 3.05) is 13.6 Å². The number of nitrogens with one attached hydrogen (secondary N) is 1. The molecule has 1 aliphatic rings. The van der Waals surface area contributed by atoms with Gasteiger partial charge in [0.05, 0.1) is 6.33 Å². The lowest BCUT2D eigenvalue weighted by Crippen LogP contribution is -2.26. The van der Waals surface area contributed by atoms with E-state index in [1.807, 2.05) is 19.6 Å². The topological polar surface area (TPSA) is 29.9 Å². The van der Waals surface area contributed by atoms with Gasteiger partial charge in [-0.1, -0.05) is 0 Å². The van der Waals surface area contributed by atoms with E-state index in [0.29, 0.717) is 0 Å². The van der Waals surface area contributed by atoms with Crippen molar-refractivity contribution < 1.29 is 0 Å². The maximum Gasteiger partial charge on any atom is 0.0948 e. The fourth-order valence-corrected chi connectivity index (χ4v) is 1.90. The number of hydrogen-bond acceptors (Lipinski definition) is 2. The van der Waals surface area contributed by atoms with Crippen molar-refractivity contribution >= 4 is 0 Å². The second-order valence-electron chi connectivity index (χ2n) is 3.49. The molecule has 1 unspecified atom stereocenters. The Morgan fingerprint density at radius 3 is 3.50 bits per heavy atom. The van der Waals surface area contributed by atoms with E-state index in [-0.39, 0.29) is 0 Å². The third-order valence-electron chi connectivity index (χ3n) is 2.57. The van der Waals surface area contributed by atoms with Crippen LogP contribution in [-0.4, -0.2) is 23.1 Å². The van der Waals surface area contributed by atoms with Gasteiger partial charge in [-0.25, -0.2) is 4.98 Å². The zero-order valence-electron chi connectivity index (χ0n) is 7.45. The minimum atomic E-state index is 0.805. The monoisotopic (exact) mass is 165 g/mol. The van der Waals surface area contributed by atoms with Gasteiger partial charge in [0, 0.05) is 18.4 Å². The molecule has 3 nitrogen and oxygen atoms in total. The van der Waals surface area contributed by atoms with Crippen molar-refractivity contribution in [3.05, 3.63) is 18.2 Å². The summed E-state index contributed by atoms with van der Waals surface area (Å²) >= 11 is 0. The van der Waals surface area contributed by atoms with E-state index in [9.17, 15) is 0 Å². The summed E-state index contributed by atoms with van der Waals surface area (Å²) in [5.74, 6) is 0.805. The van der Waals surface area contributed by atoms with E-state index in [1.54, 1.807) is 0 Å². The first-order chi connectivity index (χ1) is 5.90. The van der Waals surface area contributed by atoms with E-state index < -0.39 is 0 Å². The summed E-state index contributed by atoms with van der Waals surface area (Å²) in [6.45, 7) is 2.27. The highest BCUT2D eigenvalue weighted by Gasteiger charge is 2.17. The summed E-state index contributed by atoms with van der Waals surface area (Å²) < 4.78 is 2.26. The van der Waals surface area contributed by atoms with Crippen LogP contribution in [0.3, 0.4) is 0 Å². The molecule has 66 valence electrons. The van der Waals surface area contributed by atoms with Crippen LogP contribution in [0.4, 0.5) is 0 Å². The Kier molecular flexibility index (Phi) is 2.13.